The summed E-state index contributed by atoms with van der Waals surface area (Å²) < 4.78 is 6.46. The average Bonchev–Trinajstić information content (AvgIpc) is 3.11. The summed E-state index contributed by atoms with van der Waals surface area (Å²) >= 11 is 3.49. The fraction of sp³-hybridized carbons (Fsp3) is 0.429. The molecule has 2 aromatic rings. The topological polar surface area (TPSA) is 53.8 Å². The van der Waals surface area contributed by atoms with Crippen LogP contribution >= 0.6 is 15.9 Å². The van der Waals surface area contributed by atoms with Gasteiger partial charge in [0.25, 0.3) is 5.91 Å². The number of nitrogens with zero attached hydrogens (tertiary/aromatic N) is 2. The number of piperazine rings is 1. The van der Waals surface area contributed by atoms with E-state index in [1.165, 1.54) is 0 Å². The van der Waals surface area contributed by atoms with Crippen molar-refractivity contribution in [1.29, 1.82) is 0 Å². The fourth-order valence-electron chi connectivity index (χ4n) is 3.45. The van der Waals surface area contributed by atoms with Crippen LogP contribution in [0, 0.1) is 12.8 Å². The van der Waals surface area contributed by atoms with E-state index in [2.05, 4.69) is 35.0 Å². The second-order valence-corrected chi connectivity index (χ2v) is 7.88. The Labute approximate surface area is 168 Å². The number of hydrogen-bond donors (Lipinski definition) is 0. The summed E-state index contributed by atoms with van der Waals surface area (Å²) in [6.07, 6.45) is 1.54. The number of furan rings is 1. The number of hydrogen-bond acceptors (Lipinski definition) is 3. The number of carbonyl (C=O) groups excluding carboxylic acids is 2. The second-order valence-electron chi connectivity index (χ2n) is 6.97. The van der Waals surface area contributed by atoms with Gasteiger partial charge in [0.15, 0.2) is 5.76 Å². The molecule has 2 heterocycles. The summed E-state index contributed by atoms with van der Waals surface area (Å²) in [7, 11) is 0. The summed E-state index contributed by atoms with van der Waals surface area (Å²) in [6, 6.07) is 11.6. The normalized spacial score (nSPS) is 15.7. The van der Waals surface area contributed by atoms with Crippen molar-refractivity contribution >= 4 is 27.7 Å². The standard InChI is InChI=1S/C21H25BrN2O3/c1-3-17(13-16-5-4-6-18(22)14-16)20(25)23-9-11-24(12-10-23)21(26)19-8-7-15(2)27-19/h4-8,14,17H,3,9-13H2,1-2H3. The highest BCUT2D eigenvalue weighted by molar-refractivity contribution is 9.10. The third-order valence-corrected chi connectivity index (χ3v) is 5.54. The molecule has 5 nitrogen and oxygen atoms in total. The largest absolute Gasteiger partial charge is 0.456 e. The van der Waals surface area contributed by atoms with Crippen molar-refractivity contribution in [2.75, 3.05) is 26.2 Å². The van der Waals surface area contributed by atoms with Crippen molar-refractivity contribution in [3.05, 3.63) is 58.0 Å². The van der Waals surface area contributed by atoms with Gasteiger partial charge in [-0.05, 0) is 49.6 Å². The molecule has 1 aliphatic rings. The molecule has 144 valence electrons. The molecule has 0 N–H and O–H groups in total. The molecule has 0 bridgehead atoms. The molecule has 3 rings (SSSR count). The number of carbonyl (C=O) groups is 2. The van der Waals surface area contributed by atoms with Crippen LogP contribution in [0.25, 0.3) is 0 Å². The molecule has 1 aliphatic heterocycles. The molecule has 0 saturated carbocycles. The molecular formula is C21H25BrN2O3. The van der Waals surface area contributed by atoms with Gasteiger partial charge in [-0.15, -0.1) is 0 Å². The number of amides is 2. The van der Waals surface area contributed by atoms with Crippen LogP contribution in [-0.2, 0) is 11.2 Å². The minimum atomic E-state index is -0.101. The number of halogens is 1. The fourth-order valence-corrected chi connectivity index (χ4v) is 3.89. The zero-order valence-electron chi connectivity index (χ0n) is 15.8. The smallest absolute Gasteiger partial charge is 0.289 e. The summed E-state index contributed by atoms with van der Waals surface area (Å²) in [5.74, 6) is 1.14. The van der Waals surface area contributed by atoms with Crippen molar-refractivity contribution in [2.45, 2.75) is 26.7 Å². The molecule has 1 aromatic carbocycles. The summed E-state index contributed by atoms with van der Waals surface area (Å²) in [4.78, 5) is 29.1. The molecule has 2 amide bonds. The molecular weight excluding hydrogens is 408 g/mol. The quantitative estimate of drug-likeness (QED) is 0.719. The lowest BCUT2D eigenvalue weighted by molar-refractivity contribution is -0.137. The third kappa shape index (κ3) is 4.80. The Morgan fingerprint density at radius 3 is 2.41 bits per heavy atom. The van der Waals surface area contributed by atoms with Crippen LogP contribution in [0.15, 0.2) is 45.3 Å². The Morgan fingerprint density at radius 1 is 1.11 bits per heavy atom. The highest BCUT2D eigenvalue weighted by Gasteiger charge is 2.29. The molecule has 1 fully saturated rings. The monoisotopic (exact) mass is 432 g/mol. The van der Waals surface area contributed by atoms with E-state index in [0.29, 0.717) is 31.9 Å². The lowest BCUT2D eigenvalue weighted by Gasteiger charge is -2.36. The molecule has 6 heteroatoms. The second kappa shape index (κ2) is 8.74. The zero-order valence-corrected chi connectivity index (χ0v) is 17.4. The minimum absolute atomic E-state index is 0.0331. The minimum Gasteiger partial charge on any atom is -0.456 e. The molecule has 1 unspecified atom stereocenters. The maximum absolute atomic E-state index is 13.0. The Bertz CT molecular complexity index is 809. The first-order valence-electron chi connectivity index (χ1n) is 9.37. The van der Waals surface area contributed by atoms with Gasteiger partial charge in [0.05, 0.1) is 0 Å². The predicted octanol–water partition coefficient (Wildman–Crippen LogP) is 3.90. The van der Waals surface area contributed by atoms with Crippen LogP contribution in [0.5, 0.6) is 0 Å². The first kappa shape index (κ1) is 19.7. The van der Waals surface area contributed by atoms with Crippen LogP contribution in [0.1, 0.15) is 35.2 Å². The number of benzene rings is 1. The van der Waals surface area contributed by atoms with Crippen LogP contribution in [0.2, 0.25) is 0 Å². The van der Waals surface area contributed by atoms with Gasteiger partial charge in [0.2, 0.25) is 5.91 Å². The molecule has 0 radical (unpaired) electrons. The van der Waals surface area contributed by atoms with Gasteiger partial charge in [-0.2, -0.15) is 0 Å². The van der Waals surface area contributed by atoms with Crippen LogP contribution in [-0.4, -0.2) is 47.8 Å². The van der Waals surface area contributed by atoms with Crippen molar-refractivity contribution in [2.24, 2.45) is 5.92 Å². The molecule has 1 aromatic heterocycles. The van der Waals surface area contributed by atoms with Gasteiger partial charge in [0, 0.05) is 36.6 Å². The lowest BCUT2D eigenvalue weighted by atomic mass is 9.95. The Kier molecular flexibility index (Phi) is 6.37. The maximum atomic E-state index is 13.0. The SMILES string of the molecule is CCC(Cc1cccc(Br)c1)C(=O)N1CCN(C(=O)c2ccc(C)o2)CC1. The summed E-state index contributed by atoms with van der Waals surface area (Å²) in [6.45, 7) is 6.09. The van der Waals surface area contributed by atoms with Crippen LogP contribution in [0.4, 0.5) is 0 Å². The van der Waals surface area contributed by atoms with E-state index >= 15 is 0 Å². The van der Waals surface area contributed by atoms with Crippen LogP contribution < -0.4 is 0 Å². The van der Waals surface area contributed by atoms with E-state index in [4.69, 9.17) is 4.42 Å². The summed E-state index contributed by atoms with van der Waals surface area (Å²) in [5, 5.41) is 0. The molecule has 0 spiro atoms. The highest BCUT2D eigenvalue weighted by atomic mass is 79.9. The van der Waals surface area contributed by atoms with Crippen molar-refractivity contribution < 1.29 is 14.0 Å². The zero-order chi connectivity index (χ0) is 19.4. The van der Waals surface area contributed by atoms with Crippen LogP contribution in [0.3, 0.4) is 0 Å². The van der Waals surface area contributed by atoms with Crippen molar-refractivity contribution in [3.8, 4) is 0 Å². The Balaban J connectivity index is 1.57. The van der Waals surface area contributed by atoms with E-state index in [1.807, 2.05) is 24.0 Å². The Hall–Kier alpha value is -2.08. The van der Waals surface area contributed by atoms with E-state index in [1.54, 1.807) is 17.0 Å². The Morgan fingerprint density at radius 2 is 1.81 bits per heavy atom. The first-order chi connectivity index (χ1) is 13.0. The third-order valence-electron chi connectivity index (χ3n) is 5.04. The van der Waals surface area contributed by atoms with E-state index < -0.39 is 0 Å². The summed E-state index contributed by atoms with van der Waals surface area (Å²) in [5.41, 5.74) is 1.16. The van der Waals surface area contributed by atoms with Gasteiger partial charge in [-0.3, -0.25) is 9.59 Å². The van der Waals surface area contributed by atoms with E-state index in [0.717, 1.165) is 28.6 Å². The van der Waals surface area contributed by atoms with Gasteiger partial charge in [0.1, 0.15) is 5.76 Å². The van der Waals surface area contributed by atoms with Crippen molar-refractivity contribution in [3.63, 3.8) is 0 Å². The van der Waals surface area contributed by atoms with Crippen molar-refractivity contribution in [1.82, 2.24) is 9.80 Å². The number of rotatable bonds is 5. The molecule has 1 saturated heterocycles. The van der Waals surface area contributed by atoms with Gasteiger partial charge in [-0.1, -0.05) is 35.0 Å². The molecule has 0 aliphatic carbocycles. The average molecular weight is 433 g/mol. The molecule has 1 atom stereocenters. The van der Waals surface area contributed by atoms with Gasteiger partial charge < -0.3 is 14.2 Å². The highest BCUT2D eigenvalue weighted by Crippen LogP contribution is 2.20. The first-order valence-corrected chi connectivity index (χ1v) is 10.2. The predicted molar refractivity (Wildman–Crippen MR) is 108 cm³/mol. The maximum Gasteiger partial charge on any atom is 0.289 e. The lowest BCUT2D eigenvalue weighted by Crippen LogP contribution is -2.52. The van der Waals surface area contributed by atoms with Gasteiger partial charge >= 0.3 is 0 Å². The van der Waals surface area contributed by atoms with E-state index in [-0.39, 0.29) is 17.7 Å². The van der Waals surface area contributed by atoms with Gasteiger partial charge in [-0.25, -0.2) is 0 Å². The van der Waals surface area contributed by atoms with E-state index in [9.17, 15) is 9.59 Å². The molecule has 27 heavy (non-hydrogen) atoms. The number of aryl methyl sites for hydroxylation is 1.